The summed E-state index contributed by atoms with van der Waals surface area (Å²) in [5.41, 5.74) is 4.36. The molecule has 1 N–H and O–H groups in total. The molecule has 0 aliphatic heterocycles. The highest BCUT2D eigenvalue weighted by atomic mass is 16.3. The van der Waals surface area contributed by atoms with E-state index in [1.807, 2.05) is 19.9 Å². The molecule has 3 heterocycles. The average Bonchev–Trinajstić information content (AvgIpc) is 3.37. The summed E-state index contributed by atoms with van der Waals surface area (Å²) in [7, 11) is 0. The lowest BCUT2D eigenvalue weighted by atomic mass is 10.0. The number of anilines is 1. The van der Waals surface area contributed by atoms with Gasteiger partial charge in [-0.25, -0.2) is 4.98 Å². The van der Waals surface area contributed by atoms with Crippen LogP contribution in [0.25, 0.3) is 22.8 Å². The van der Waals surface area contributed by atoms with Gasteiger partial charge in [-0.1, -0.05) is 11.6 Å². The summed E-state index contributed by atoms with van der Waals surface area (Å²) < 4.78 is 6.66. The van der Waals surface area contributed by atoms with Gasteiger partial charge in [0.05, 0.1) is 18.0 Å². The lowest BCUT2D eigenvalue weighted by molar-refractivity contribution is -0.111. The maximum Gasteiger partial charge on any atom is 0.249 e. The van der Waals surface area contributed by atoms with Crippen LogP contribution < -0.4 is 5.32 Å². The number of rotatable bonds is 4. The Kier molecular flexibility index (Phi) is 4.90. The fraction of sp³-hybridized carbons (Fsp3) is 0.130. The summed E-state index contributed by atoms with van der Waals surface area (Å²) in [4.78, 5) is 17.2. The number of nitrogens with one attached hydrogen (secondary N) is 1. The molecule has 7 nitrogen and oxygen atoms in total. The van der Waals surface area contributed by atoms with Crippen LogP contribution in [0, 0.1) is 32.1 Å². The van der Waals surface area contributed by atoms with Crippen LogP contribution in [0.5, 0.6) is 0 Å². The minimum atomic E-state index is -0.408. The van der Waals surface area contributed by atoms with Crippen molar-refractivity contribution in [3.63, 3.8) is 0 Å². The van der Waals surface area contributed by atoms with E-state index in [0.717, 1.165) is 22.0 Å². The van der Waals surface area contributed by atoms with Crippen LogP contribution in [0.2, 0.25) is 0 Å². The van der Waals surface area contributed by atoms with E-state index in [1.54, 1.807) is 18.2 Å². The second kappa shape index (κ2) is 7.68. The monoisotopic (exact) mass is 397 g/mol. The number of aromatic nitrogens is 3. The van der Waals surface area contributed by atoms with E-state index < -0.39 is 5.91 Å². The molecule has 0 unspecified atom stereocenters. The normalized spacial score (nSPS) is 11.1. The van der Waals surface area contributed by atoms with Gasteiger partial charge >= 0.3 is 0 Å². The first-order valence-electron chi connectivity index (χ1n) is 9.36. The Balaban J connectivity index is 1.75. The number of amides is 1. The second-order valence-corrected chi connectivity index (χ2v) is 7.04. The van der Waals surface area contributed by atoms with Crippen LogP contribution in [0.1, 0.15) is 28.0 Å². The average molecular weight is 397 g/mol. The molecule has 7 heteroatoms. The van der Waals surface area contributed by atoms with Crippen LogP contribution in [0.15, 0.2) is 53.3 Å². The van der Waals surface area contributed by atoms with Gasteiger partial charge in [0.1, 0.15) is 17.4 Å². The van der Waals surface area contributed by atoms with E-state index in [1.165, 1.54) is 28.8 Å². The Labute approximate surface area is 173 Å². The third-order valence-electron chi connectivity index (χ3n) is 4.73. The Bertz CT molecular complexity index is 1320. The molecule has 1 aromatic carbocycles. The lowest BCUT2D eigenvalue weighted by Gasteiger charge is -2.12. The molecule has 0 aliphatic carbocycles. The number of pyridine rings is 1. The highest BCUT2D eigenvalue weighted by Crippen LogP contribution is 2.26. The van der Waals surface area contributed by atoms with Crippen molar-refractivity contribution in [2.24, 2.45) is 0 Å². The van der Waals surface area contributed by atoms with Gasteiger partial charge in [0.2, 0.25) is 5.91 Å². The predicted octanol–water partition coefficient (Wildman–Crippen LogP) is 4.46. The van der Waals surface area contributed by atoms with E-state index in [0.29, 0.717) is 11.6 Å². The number of benzene rings is 1. The van der Waals surface area contributed by atoms with Crippen molar-refractivity contribution >= 4 is 28.7 Å². The Hall–Kier alpha value is -4.18. The molecule has 148 valence electrons. The van der Waals surface area contributed by atoms with E-state index in [9.17, 15) is 10.1 Å². The quantitative estimate of drug-likeness (QED) is 0.513. The molecule has 30 heavy (non-hydrogen) atoms. The van der Waals surface area contributed by atoms with Crippen molar-refractivity contribution in [2.75, 3.05) is 5.32 Å². The third kappa shape index (κ3) is 3.59. The summed E-state index contributed by atoms with van der Waals surface area (Å²) in [5, 5.41) is 17.6. The van der Waals surface area contributed by atoms with Gasteiger partial charge in [-0.3, -0.25) is 4.79 Å². The maximum atomic E-state index is 12.4. The van der Waals surface area contributed by atoms with Crippen LogP contribution in [0.4, 0.5) is 5.82 Å². The van der Waals surface area contributed by atoms with Crippen molar-refractivity contribution in [2.45, 2.75) is 20.8 Å². The third-order valence-corrected chi connectivity index (χ3v) is 4.73. The molecular weight excluding hydrogens is 378 g/mol. The molecule has 0 fully saturated rings. The van der Waals surface area contributed by atoms with Gasteiger partial charge in [-0.15, -0.1) is 0 Å². The number of hydrogen-bond acceptors (Lipinski definition) is 5. The van der Waals surface area contributed by atoms with Gasteiger partial charge in [0.15, 0.2) is 11.6 Å². The first-order chi connectivity index (χ1) is 14.5. The predicted molar refractivity (Wildman–Crippen MR) is 114 cm³/mol. The maximum absolute atomic E-state index is 12.4. The number of carbonyl (C=O) groups is 1. The van der Waals surface area contributed by atoms with E-state index in [-0.39, 0.29) is 11.4 Å². The fourth-order valence-electron chi connectivity index (χ4n) is 3.36. The summed E-state index contributed by atoms with van der Waals surface area (Å²) in [6.45, 7) is 6.07. The molecule has 4 rings (SSSR count). The first kappa shape index (κ1) is 19.2. The van der Waals surface area contributed by atoms with E-state index in [4.69, 9.17) is 9.40 Å². The van der Waals surface area contributed by atoms with Gasteiger partial charge in [0.25, 0.3) is 0 Å². The van der Waals surface area contributed by atoms with E-state index >= 15 is 0 Å². The zero-order valence-corrected chi connectivity index (χ0v) is 16.8. The summed E-state index contributed by atoms with van der Waals surface area (Å²) >= 11 is 0. The van der Waals surface area contributed by atoms with Gasteiger partial charge in [-0.05, 0) is 62.2 Å². The van der Waals surface area contributed by atoms with Crippen molar-refractivity contribution in [3.8, 4) is 11.9 Å². The van der Waals surface area contributed by atoms with Crippen molar-refractivity contribution < 1.29 is 9.21 Å². The van der Waals surface area contributed by atoms with Gasteiger partial charge in [0, 0.05) is 11.5 Å². The SMILES string of the molecule is Cc1cc(C)c2nc(-n3ncc(C#N)c3NC(=O)/C=C/c3ccco3)cc(C)c2c1. The molecule has 1 amide bonds. The topological polar surface area (TPSA) is 96.7 Å². The number of carbonyl (C=O) groups excluding carboxylic acids is 1. The van der Waals surface area contributed by atoms with Gasteiger partial charge in [-0.2, -0.15) is 15.0 Å². The number of aryl methyl sites for hydroxylation is 3. The molecule has 3 aromatic heterocycles. The summed E-state index contributed by atoms with van der Waals surface area (Å²) in [6, 6.07) is 11.6. The fourth-order valence-corrected chi connectivity index (χ4v) is 3.36. The minimum Gasteiger partial charge on any atom is -0.465 e. The molecule has 4 aromatic rings. The minimum absolute atomic E-state index is 0.245. The lowest BCUT2D eigenvalue weighted by Crippen LogP contribution is -2.14. The summed E-state index contributed by atoms with van der Waals surface area (Å²) in [6.07, 6.45) is 5.82. The standard InChI is InChI=1S/C23H19N5O2/c1-14-9-16(3)22-19(10-14)15(2)11-20(26-22)28-23(17(12-24)13-25-28)27-21(29)7-6-18-5-4-8-30-18/h4-11,13H,1-3H3,(H,27,29)/b7-6+. The van der Waals surface area contributed by atoms with Crippen molar-refractivity contribution in [1.82, 2.24) is 14.8 Å². The number of nitrogens with zero attached hydrogens (tertiary/aromatic N) is 4. The zero-order chi connectivity index (χ0) is 21.3. The number of hydrogen-bond donors (Lipinski definition) is 1. The highest BCUT2D eigenvalue weighted by Gasteiger charge is 2.16. The molecule has 0 atom stereocenters. The molecule has 0 saturated heterocycles. The van der Waals surface area contributed by atoms with Crippen molar-refractivity contribution in [1.29, 1.82) is 5.26 Å². The Morgan fingerprint density at radius 1 is 1.23 bits per heavy atom. The number of fused-ring (bicyclic) bond motifs is 1. The molecule has 0 spiro atoms. The highest BCUT2D eigenvalue weighted by molar-refractivity contribution is 6.02. The molecule has 0 bridgehead atoms. The van der Waals surface area contributed by atoms with E-state index in [2.05, 4.69) is 35.5 Å². The van der Waals surface area contributed by atoms with Crippen LogP contribution in [-0.4, -0.2) is 20.7 Å². The molecule has 0 radical (unpaired) electrons. The number of furan rings is 1. The smallest absolute Gasteiger partial charge is 0.249 e. The zero-order valence-electron chi connectivity index (χ0n) is 16.8. The second-order valence-electron chi connectivity index (χ2n) is 7.04. The van der Waals surface area contributed by atoms with Gasteiger partial charge < -0.3 is 9.73 Å². The molecular formula is C23H19N5O2. The first-order valence-corrected chi connectivity index (χ1v) is 9.36. The van der Waals surface area contributed by atoms with Crippen LogP contribution in [0.3, 0.4) is 0 Å². The van der Waals surface area contributed by atoms with Crippen LogP contribution >= 0.6 is 0 Å². The Morgan fingerprint density at radius 3 is 2.80 bits per heavy atom. The molecule has 0 aliphatic rings. The van der Waals surface area contributed by atoms with Crippen molar-refractivity contribution in [3.05, 3.63) is 76.9 Å². The van der Waals surface area contributed by atoms with Crippen LogP contribution in [-0.2, 0) is 4.79 Å². The Morgan fingerprint density at radius 2 is 2.07 bits per heavy atom. The number of nitriles is 1. The largest absolute Gasteiger partial charge is 0.465 e. The summed E-state index contributed by atoms with van der Waals surface area (Å²) in [5.74, 6) is 0.937. The molecule has 0 saturated carbocycles.